The van der Waals surface area contributed by atoms with Crippen LogP contribution in [0.2, 0.25) is 0 Å². The maximum atomic E-state index is 12.5. The molecule has 27 heavy (non-hydrogen) atoms. The van der Waals surface area contributed by atoms with E-state index in [1.54, 1.807) is 0 Å². The number of rotatable bonds is 0. The van der Waals surface area contributed by atoms with Gasteiger partial charge in [-0.2, -0.15) is 0 Å². The molecule has 0 aromatic heterocycles. The number of hydrogen-bond donors (Lipinski definition) is 1. The lowest BCUT2D eigenvalue weighted by molar-refractivity contribution is -0.225. The van der Waals surface area contributed by atoms with E-state index in [9.17, 15) is 9.90 Å². The molecule has 0 bridgehead atoms. The quantitative estimate of drug-likeness (QED) is 0.637. The highest BCUT2D eigenvalue weighted by atomic mass is 16.5. The molecule has 1 aliphatic heterocycles. The van der Waals surface area contributed by atoms with Crippen LogP contribution in [-0.2, 0) is 9.53 Å². The summed E-state index contributed by atoms with van der Waals surface area (Å²) in [5, 5.41) is 10.8. The first-order valence-electron chi connectivity index (χ1n) is 10.7. The van der Waals surface area contributed by atoms with Gasteiger partial charge in [-0.25, -0.2) is 0 Å². The van der Waals surface area contributed by atoms with Crippen molar-refractivity contribution in [3.05, 3.63) is 23.0 Å². The molecule has 0 aromatic carbocycles. The second-order valence-corrected chi connectivity index (χ2v) is 11.0. The Hall–Kier alpha value is -1.09. The first-order valence-corrected chi connectivity index (χ1v) is 10.7. The van der Waals surface area contributed by atoms with E-state index >= 15 is 0 Å². The SMILES string of the molecule is CC1=CC(=O)C(C)=C2OC3(CC12C)C(C)CCC1C(C)(C)C(O)CCC13C. The second-order valence-electron chi connectivity index (χ2n) is 11.0. The number of carbonyl (C=O) groups is 1. The first-order chi connectivity index (χ1) is 12.4. The Kier molecular flexibility index (Phi) is 3.91. The van der Waals surface area contributed by atoms with Gasteiger partial charge in [-0.1, -0.05) is 33.3 Å². The Morgan fingerprint density at radius 1 is 1.11 bits per heavy atom. The van der Waals surface area contributed by atoms with Crippen LogP contribution < -0.4 is 0 Å². The van der Waals surface area contributed by atoms with Gasteiger partial charge < -0.3 is 9.84 Å². The van der Waals surface area contributed by atoms with Gasteiger partial charge >= 0.3 is 0 Å². The highest BCUT2D eigenvalue weighted by molar-refractivity contribution is 6.06. The predicted octanol–water partition coefficient (Wildman–Crippen LogP) is 5.19. The second kappa shape index (κ2) is 5.49. The molecule has 0 amide bonds. The summed E-state index contributed by atoms with van der Waals surface area (Å²) in [7, 11) is 0. The number of ether oxygens (including phenoxy) is 1. The van der Waals surface area contributed by atoms with Crippen molar-refractivity contribution < 1.29 is 14.6 Å². The van der Waals surface area contributed by atoms with Crippen LogP contribution in [0, 0.1) is 28.1 Å². The van der Waals surface area contributed by atoms with E-state index in [1.165, 1.54) is 0 Å². The van der Waals surface area contributed by atoms with Crippen LogP contribution in [-0.4, -0.2) is 22.6 Å². The molecule has 4 rings (SSSR count). The molecule has 3 fully saturated rings. The molecule has 4 aliphatic rings. The van der Waals surface area contributed by atoms with E-state index in [1.807, 2.05) is 13.0 Å². The summed E-state index contributed by atoms with van der Waals surface area (Å²) >= 11 is 0. The normalized spacial score (nSPS) is 48.8. The van der Waals surface area contributed by atoms with E-state index in [4.69, 9.17) is 4.74 Å². The van der Waals surface area contributed by atoms with Gasteiger partial charge in [0.15, 0.2) is 5.78 Å². The zero-order valence-electron chi connectivity index (χ0n) is 18.1. The van der Waals surface area contributed by atoms with Gasteiger partial charge in [0.1, 0.15) is 11.4 Å². The maximum Gasteiger partial charge on any atom is 0.184 e. The van der Waals surface area contributed by atoms with Gasteiger partial charge in [-0.05, 0) is 69.8 Å². The van der Waals surface area contributed by atoms with E-state index in [-0.39, 0.29) is 33.7 Å². The van der Waals surface area contributed by atoms with Crippen molar-refractivity contribution in [2.45, 2.75) is 92.3 Å². The van der Waals surface area contributed by atoms with Crippen molar-refractivity contribution in [3.63, 3.8) is 0 Å². The number of aliphatic hydroxyl groups excluding tert-OH is 1. The largest absolute Gasteiger partial charge is 0.489 e. The molecular formula is C24H36O3. The summed E-state index contributed by atoms with van der Waals surface area (Å²) < 4.78 is 7.00. The molecule has 150 valence electrons. The molecule has 0 radical (unpaired) electrons. The zero-order valence-corrected chi connectivity index (χ0v) is 18.1. The van der Waals surface area contributed by atoms with Crippen molar-refractivity contribution in [3.8, 4) is 0 Å². The van der Waals surface area contributed by atoms with Crippen LogP contribution in [0.25, 0.3) is 0 Å². The maximum absolute atomic E-state index is 12.5. The van der Waals surface area contributed by atoms with Crippen molar-refractivity contribution in [1.29, 1.82) is 0 Å². The van der Waals surface area contributed by atoms with Gasteiger partial charge in [0, 0.05) is 17.4 Å². The van der Waals surface area contributed by atoms with Crippen LogP contribution in [0.4, 0.5) is 0 Å². The lowest BCUT2D eigenvalue weighted by Crippen LogP contribution is -2.64. The Morgan fingerprint density at radius 3 is 2.44 bits per heavy atom. The van der Waals surface area contributed by atoms with Crippen LogP contribution >= 0.6 is 0 Å². The molecule has 1 spiro atoms. The van der Waals surface area contributed by atoms with Crippen molar-refractivity contribution in [2.24, 2.45) is 28.1 Å². The molecular weight excluding hydrogens is 336 g/mol. The molecule has 0 aromatic rings. The Morgan fingerprint density at radius 2 is 1.78 bits per heavy atom. The lowest BCUT2D eigenvalue weighted by Gasteiger charge is -2.64. The highest BCUT2D eigenvalue weighted by Crippen LogP contribution is 2.70. The fraction of sp³-hybridized carbons (Fsp3) is 0.792. The standard InChI is InChI=1S/C24H36O3/c1-14-8-9-18-21(4,5)19(26)10-11-23(18,7)24(14)13-22(6)15(2)12-17(25)16(3)20(22)27-24/h12,14,18-19,26H,8-11,13H2,1-7H3. The van der Waals surface area contributed by atoms with E-state index in [2.05, 4.69) is 41.5 Å². The third-order valence-electron chi connectivity index (χ3n) is 9.44. The van der Waals surface area contributed by atoms with Gasteiger partial charge in [0.2, 0.25) is 0 Å². The smallest absolute Gasteiger partial charge is 0.184 e. The summed E-state index contributed by atoms with van der Waals surface area (Å²) in [6, 6.07) is 0. The Balaban J connectivity index is 1.88. The van der Waals surface area contributed by atoms with Crippen LogP contribution in [0.5, 0.6) is 0 Å². The molecule has 2 saturated carbocycles. The minimum Gasteiger partial charge on any atom is -0.489 e. The molecule has 6 unspecified atom stereocenters. The number of carbonyl (C=O) groups excluding carboxylic acids is 1. The third-order valence-corrected chi connectivity index (χ3v) is 9.44. The molecule has 1 N–H and O–H groups in total. The average Bonchev–Trinajstić information content (AvgIpc) is 2.92. The number of ketones is 1. The summed E-state index contributed by atoms with van der Waals surface area (Å²) in [5.74, 6) is 1.89. The molecule has 1 saturated heterocycles. The Labute approximate surface area is 164 Å². The van der Waals surface area contributed by atoms with Crippen molar-refractivity contribution >= 4 is 5.78 Å². The van der Waals surface area contributed by atoms with Crippen molar-refractivity contribution in [1.82, 2.24) is 0 Å². The third kappa shape index (κ3) is 2.15. The van der Waals surface area contributed by atoms with E-state index < -0.39 is 0 Å². The molecule has 3 aliphatic carbocycles. The van der Waals surface area contributed by atoms with Crippen molar-refractivity contribution in [2.75, 3.05) is 0 Å². The number of aliphatic hydroxyl groups is 1. The fourth-order valence-corrected chi connectivity index (χ4v) is 7.36. The van der Waals surface area contributed by atoms with Gasteiger partial charge in [0.05, 0.1) is 11.5 Å². The number of hydrogen-bond acceptors (Lipinski definition) is 3. The monoisotopic (exact) mass is 372 g/mol. The number of fused-ring (bicyclic) bond motifs is 3. The molecule has 1 heterocycles. The highest BCUT2D eigenvalue weighted by Gasteiger charge is 2.70. The van der Waals surface area contributed by atoms with Crippen LogP contribution in [0.1, 0.15) is 80.6 Å². The summed E-state index contributed by atoms with van der Waals surface area (Å²) in [6.07, 6.45) is 6.62. The lowest BCUT2D eigenvalue weighted by atomic mass is 9.43. The van der Waals surface area contributed by atoms with Gasteiger partial charge in [-0.15, -0.1) is 0 Å². The first kappa shape index (κ1) is 19.2. The van der Waals surface area contributed by atoms with Crippen LogP contribution in [0.3, 0.4) is 0 Å². The molecule has 6 atom stereocenters. The molecule has 3 heteroatoms. The van der Waals surface area contributed by atoms with E-state index in [0.717, 1.165) is 49.0 Å². The minimum atomic E-state index is -0.265. The zero-order chi connectivity index (χ0) is 20.0. The number of allylic oxidation sites excluding steroid dienone is 3. The molecule has 3 nitrogen and oxygen atoms in total. The summed E-state index contributed by atoms with van der Waals surface area (Å²) in [4.78, 5) is 12.5. The summed E-state index contributed by atoms with van der Waals surface area (Å²) in [5.41, 5.74) is 1.37. The van der Waals surface area contributed by atoms with Gasteiger partial charge in [0.25, 0.3) is 0 Å². The minimum absolute atomic E-state index is 0.00432. The fourth-order valence-electron chi connectivity index (χ4n) is 7.36. The predicted molar refractivity (Wildman–Crippen MR) is 107 cm³/mol. The Bertz CT molecular complexity index is 760. The summed E-state index contributed by atoms with van der Waals surface area (Å²) in [6.45, 7) is 15.5. The van der Waals surface area contributed by atoms with Crippen LogP contribution in [0.15, 0.2) is 23.0 Å². The topological polar surface area (TPSA) is 46.5 Å². The average molecular weight is 373 g/mol. The van der Waals surface area contributed by atoms with E-state index in [0.29, 0.717) is 11.8 Å². The van der Waals surface area contributed by atoms with Gasteiger partial charge in [-0.3, -0.25) is 4.79 Å².